The lowest BCUT2D eigenvalue weighted by Gasteiger charge is -2.12. The molecule has 0 bridgehead atoms. The molecule has 0 aromatic heterocycles. The van der Waals surface area contributed by atoms with Gasteiger partial charge in [-0.2, -0.15) is 0 Å². The zero-order valence-corrected chi connectivity index (χ0v) is 10.7. The lowest BCUT2D eigenvalue weighted by atomic mass is 10.1. The fraction of sp³-hybridized carbons (Fsp3) is 0.273. The SMILES string of the molecule is O=C(Cc1c(Cl)cccc1Cl)N[C@@H](CO)C(=O)O. The Morgan fingerprint density at radius 2 is 1.83 bits per heavy atom. The van der Waals surface area contributed by atoms with Crippen molar-refractivity contribution in [2.45, 2.75) is 12.5 Å². The number of aliphatic hydroxyl groups excluding tert-OH is 1. The van der Waals surface area contributed by atoms with Crippen LogP contribution in [0.15, 0.2) is 18.2 Å². The van der Waals surface area contributed by atoms with Gasteiger partial charge in [-0.25, -0.2) is 4.79 Å². The summed E-state index contributed by atoms with van der Waals surface area (Å²) >= 11 is 11.8. The number of hydrogen-bond donors (Lipinski definition) is 3. The van der Waals surface area contributed by atoms with Crippen molar-refractivity contribution in [3.63, 3.8) is 0 Å². The third-order valence-corrected chi connectivity index (χ3v) is 2.92. The number of carbonyl (C=O) groups excluding carboxylic acids is 1. The predicted molar refractivity (Wildman–Crippen MR) is 66.8 cm³/mol. The van der Waals surface area contributed by atoms with Gasteiger partial charge in [0, 0.05) is 10.0 Å². The zero-order valence-electron chi connectivity index (χ0n) is 9.19. The monoisotopic (exact) mass is 291 g/mol. The number of benzene rings is 1. The molecule has 1 amide bonds. The van der Waals surface area contributed by atoms with E-state index in [9.17, 15) is 9.59 Å². The highest BCUT2D eigenvalue weighted by Gasteiger charge is 2.19. The van der Waals surface area contributed by atoms with E-state index in [0.717, 1.165) is 0 Å². The topological polar surface area (TPSA) is 86.6 Å². The van der Waals surface area contributed by atoms with E-state index in [0.29, 0.717) is 15.6 Å². The number of aliphatic carboxylic acids is 1. The minimum absolute atomic E-state index is 0.151. The molecule has 0 fully saturated rings. The molecule has 0 aliphatic carbocycles. The van der Waals surface area contributed by atoms with Crippen LogP contribution >= 0.6 is 23.2 Å². The first-order valence-corrected chi connectivity index (χ1v) is 5.77. The van der Waals surface area contributed by atoms with Crippen molar-refractivity contribution in [3.05, 3.63) is 33.8 Å². The molecule has 0 saturated carbocycles. The molecular formula is C11H11Cl2NO4. The smallest absolute Gasteiger partial charge is 0.328 e. The van der Waals surface area contributed by atoms with E-state index >= 15 is 0 Å². The number of amides is 1. The van der Waals surface area contributed by atoms with Crippen molar-refractivity contribution in [3.8, 4) is 0 Å². The number of carbonyl (C=O) groups is 2. The first-order valence-electron chi connectivity index (χ1n) is 5.01. The maximum atomic E-state index is 11.6. The lowest BCUT2D eigenvalue weighted by Crippen LogP contribution is -2.44. The molecule has 0 unspecified atom stereocenters. The second-order valence-corrected chi connectivity index (χ2v) is 4.33. The molecule has 98 valence electrons. The summed E-state index contributed by atoms with van der Waals surface area (Å²) in [6.07, 6.45) is -0.151. The van der Waals surface area contributed by atoms with Crippen LogP contribution in [0.4, 0.5) is 0 Å². The third-order valence-electron chi connectivity index (χ3n) is 2.21. The molecule has 1 aromatic carbocycles. The molecule has 0 aliphatic rings. The van der Waals surface area contributed by atoms with Crippen LogP contribution in [0.25, 0.3) is 0 Å². The molecular weight excluding hydrogens is 281 g/mol. The van der Waals surface area contributed by atoms with Crippen molar-refractivity contribution in [1.29, 1.82) is 0 Å². The maximum absolute atomic E-state index is 11.6. The van der Waals surface area contributed by atoms with E-state index in [4.69, 9.17) is 33.4 Å². The van der Waals surface area contributed by atoms with Crippen molar-refractivity contribution >= 4 is 35.1 Å². The van der Waals surface area contributed by atoms with Crippen molar-refractivity contribution in [2.24, 2.45) is 0 Å². The van der Waals surface area contributed by atoms with Gasteiger partial charge < -0.3 is 15.5 Å². The van der Waals surface area contributed by atoms with Crippen LogP contribution < -0.4 is 5.32 Å². The van der Waals surface area contributed by atoms with E-state index < -0.39 is 24.5 Å². The molecule has 1 aromatic rings. The normalized spacial score (nSPS) is 11.9. The molecule has 7 heteroatoms. The molecule has 0 saturated heterocycles. The van der Waals surface area contributed by atoms with Crippen LogP contribution in [-0.2, 0) is 16.0 Å². The summed E-state index contributed by atoms with van der Waals surface area (Å²) < 4.78 is 0. The van der Waals surface area contributed by atoms with E-state index in [1.165, 1.54) is 0 Å². The van der Waals surface area contributed by atoms with E-state index in [1.54, 1.807) is 18.2 Å². The quantitative estimate of drug-likeness (QED) is 0.758. The number of nitrogens with one attached hydrogen (secondary N) is 1. The van der Waals surface area contributed by atoms with Gasteiger partial charge in [-0.05, 0) is 17.7 Å². The average Bonchev–Trinajstić information content (AvgIpc) is 2.30. The van der Waals surface area contributed by atoms with Crippen molar-refractivity contribution in [2.75, 3.05) is 6.61 Å². The highest BCUT2D eigenvalue weighted by molar-refractivity contribution is 6.36. The number of rotatable bonds is 5. The Bertz CT molecular complexity index is 444. The Morgan fingerprint density at radius 1 is 1.28 bits per heavy atom. The second-order valence-electron chi connectivity index (χ2n) is 3.52. The van der Waals surface area contributed by atoms with Gasteiger partial charge in [-0.1, -0.05) is 29.3 Å². The van der Waals surface area contributed by atoms with Gasteiger partial charge in [0.2, 0.25) is 5.91 Å². The van der Waals surface area contributed by atoms with E-state index in [2.05, 4.69) is 5.32 Å². The largest absolute Gasteiger partial charge is 0.480 e. The summed E-state index contributed by atoms with van der Waals surface area (Å²) in [6, 6.07) is 3.46. The van der Waals surface area contributed by atoms with Gasteiger partial charge >= 0.3 is 5.97 Å². The maximum Gasteiger partial charge on any atom is 0.328 e. The van der Waals surface area contributed by atoms with Crippen LogP contribution in [0.5, 0.6) is 0 Å². The molecule has 0 spiro atoms. The number of carboxylic acid groups (broad SMARTS) is 1. The average molecular weight is 292 g/mol. The Kier molecular flexibility index (Phi) is 5.40. The number of halogens is 2. The highest BCUT2D eigenvalue weighted by atomic mass is 35.5. The minimum Gasteiger partial charge on any atom is -0.480 e. The summed E-state index contributed by atoms with van der Waals surface area (Å²) in [5.41, 5.74) is 0.417. The Morgan fingerprint density at radius 3 is 2.28 bits per heavy atom. The molecule has 18 heavy (non-hydrogen) atoms. The molecule has 0 radical (unpaired) electrons. The molecule has 0 aliphatic heterocycles. The van der Waals surface area contributed by atoms with Crippen LogP contribution in [-0.4, -0.2) is 34.7 Å². The zero-order chi connectivity index (χ0) is 13.7. The number of aliphatic hydroxyl groups is 1. The van der Waals surface area contributed by atoms with Gasteiger partial charge in [0.05, 0.1) is 13.0 Å². The van der Waals surface area contributed by atoms with Crippen LogP contribution in [0.1, 0.15) is 5.56 Å². The summed E-state index contributed by atoms with van der Waals surface area (Å²) in [4.78, 5) is 22.2. The lowest BCUT2D eigenvalue weighted by molar-refractivity contribution is -0.142. The van der Waals surface area contributed by atoms with Crippen molar-refractivity contribution < 1.29 is 19.8 Å². The highest BCUT2D eigenvalue weighted by Crippen LogP contribution is 2.24. The van der Waals surface area contributed by atoms with Gasteiger partial charge in [-0.15, -0.1) is 0 Å². The van der Waals surface area contributed by atoms with Crippen molar-refractivity contribution in [1.82, 2.24) is 5.32 Å². The Hall–Kier alpha value is -1.30. The second kappa shape index (κ2) is 6.58. The van der Waals surface area contributed by atoms with Gasteiger partial charge in [0.15, 0.2) is 0 Å². The first kappa shape index (κ1) is 14.8. The summed E-state index contributed by atoms with van der Waals surface area (Å²) in [7, 11) is 0. The number of hydrogen-bond acceptors (Lipinski definition) is 3. The van der Waals surface area contributed by atoms with E-state index in [1.807, 2.05) is 0 Å². The van der Waals surface area contributed by atoms with Crippen LogP contribution in [0.2, 0.25) is 10.0 Å². The molecule has 1 rings (SSSR count). The molecule has 1 atom stereocenters. The summed E-state index contributed by atoms with van der Waals surface area (Å²) in [5.74, 6) is -1.89. The van der Waals surface area contributed by atoms with E-state index in [-0.39, 0.29) is 6.42 Å². The summed E-state index contributed by atoms with van der Waals surface area (Å²) in [6.45, 7) is -0.683. The van der Waals surface area contributed by atoms with Gasteiger partial charge in [0.25, 0.3) is 0 Å². The molecule has 5 nitrogen and oxygen atoms in total. The fourth-order valence-electron chi connectivity index (χ4n) is 1.29. The van der Waals surface area contributed by atoms with Crippen LogP contribution in [0.3, 0.4) is 0 Å². The number of carboxylic acids is 1. The third kappa shape index (κ3) is 3.87. The standard InChI is InChI=1S/C11H11Cl2NO4/c12-7-2-1-3-8(13)6(7)4-10(16)14-9(5-15)11(17)18/h1-3,9,15H,4-5H2,(H,14,16)(H,17,18)/t9-/m0/s1. The fourth-order valence-corrected chi connectivity index (χ4v) is 1.82. The van der Waals surface area contributed by atoms with Crippen LogP contribution in [0, 0.1) is 0 Å². The minimum atomic E-state index is -1.33. The Balaban J connectivity index is 2.73. The molecule has 0 heterocycles. The molecule has 3 N–H and O–H groups in total. The summed E-state index contributed by atoms with van der Waals surface area (Å²) in [5, 5.41) is 20.3. The Labute approximate surface area is 113 Å². The first-order chi connectivity index (χ1) is 8.45. The van der Waals surface area contributed by atoms with Gasteiger partial charge in [0.1, 0.15) is 6.04 Å². The predicted octanol–water partition coefficient (Wildman–Crippen LogP) is 1.10. The van der Waals surface area contributed by atoms with Gasteiger partial charge in [-0.3, -0.25) is 4.79 Å².